The number of hydrogen-bond acceptors (Lipinski definition) is 2. The van der Waals surface area contributed by atoms with Gasteiger partial charge < -0.3 is 15.3 Å². The van der Waals surface area contributed by atoms with E-state index in [4.69, 9.17) is 5.11 Å². The second-order valence-electron chi connectivity index (χ2n) is 5.23. The molecule has 2 amide bonds. The van der Waals surface area contributed by atoms with Gasteiger partial charge in [-0.3, -0.25) is 4.79 Å². The SMILES string of the molecule is C[C@@H]1CN(C(=O)NCc2ccc(F)c(F)c2)C[C@H]1C(=O)O. The highest BCUT2D eigenvalue weighted by atomic mass is 19.2. The first-order valence-corrected chi connectivity index (χ1v) is 6.58. The number of carbonyl (C=O) groups excluding carboxylic acids is 1. The maximum Gasteiger partial charge on any atom is 0.317 e. The standard InChI is InChI=1S/C14H16F2N2O3/c1-8-6-18(7-10(8)13(19)20)14(21)17-5-9-2-3-11(15)12(16)4-9/h2-4,8,10H,5-7H2,1H3,(H,17,21)(H,19,20)/t8-,10-/m1/s1. The molecule has 114 valence electrons. The van der Waals surface area contributed by atoms with Crippen LogP contribution in [0, 0.1) is 23.5 Å². The van der Waals surface area contributed by atoms with Crippen LogP contribution in [0.15, 0.2) is 18.2 Å². The van der Waals surface area contributed by atoms with Crippen molar-refractivity contribution in [2.24, 2.45) is 11.8 Å². The molecular formula is C14H16F2N2O3. The van der Waals surface area contributed by atoms with Gasteiger partial charge in [-0.15, -0.1) is 0 Å². The van der Waals surface area contributed by atoms with E-state index in [1.165, 1.54) is 11.0 Å². The van der Waals surface area contributed by atoms with Crippen LogP contribution >= 0.6 is 0 Å². The summed E-state index contributed by atoms with van der Waals surface area (Å²) in [6.07, 6.45) is 0. The molecule has 0 spiro atoms. The first-order valence-electron chi connectivity index (χ1n) is 6.58. The van der Waals surface area contributed by atoms with E-state index < -0.39 is 29.6 Å². The van der Waals surface area contributed by atoms with Crippen molar-refractivity contribution in [1.82, 2.24) is 10.2 Å². The zero-order chi connectivity index (χ0) is 15.6. The summed E-state index contributed by atoms with van der Waals surface area (Å²) in [5, 5.41) is 11.6. The molecule has 1 aromatic rings. The van der Waals surface area contributed by atoms with Crippen LogP contribution in [0.1, 0.15) is 12.5 Å². The van der Waals surface area contributed by atoms with Gasteiger partial charge in [0.25, 0.3) is 0 Å². The Morgan fingerprint density at radius 2 is 2.05 bits per heavy atom. The fourth-order valence-electron chi connectivity index (χ4n) is 2.39. The van der Waals surface area contributed by atoms with Gasteiger partial charge in [0.1, 0.15) is 0 Å². The molecule has 1 aromatic carbocycles. The molecule has 7 heteroatoms. The van der Waals surface area contributed by atoms with Crippen molar-refractivity contribution >= 4 is 12.0 Å². The summed E-state index contributed by atoms with van der Waals surface area (Å²) in [4.78, 5) is 24.4. The Balaban J connectivity index is 1.90. The molecule has 1 aliphatic heterocycles. The lowest BCUT2D eigenvalue weighted by atomic mass is 9.99. The molecule has 0 radical (unpaired) electrons. The molecule has 0 aliphatic carbocycles. The van der Waals surface area contributed by atoms with Crippen LogP contribution in [0.3, 0.4) is 0 Å². The topological polar surface area (TPSA) is 69.6 Å². The Kier molecular flexibility index (Phi) is 4.40. The van der Waals surface area contributed by atoms with Crippen molar-refractivity contribution in [3.63, 3.8) is 0 Å². The second-order valence-corrected chi connectivity index (χ2v) is 5.23. The molecule has 2 atom stereocenters. The van der Waals surface area contributed by atoms with Crippen LogP contribution in [0.4, 0.5) is 13.6 Å². The third-order valence-electron chi connectivity index (χ3n) is 3.64. The number of carboxylic acids is 1. The number of urea groups is 1. The zero-order valence-electron chi connectivity index (χ0n) is 11.5. The van der Waals surface area contributed by atoms with E-state index in [0.29, 0.717) is 12.1 Å². The molecular weight excluding hydrogens is 282 g/mol. The number of amides is 2. The molecule has 0 saturated carbocycles. The normalized spacial score (nSPS) is 21.4. The summed E-state index contributed by atoms with van der Waals surface area (Å²) in [6.45, 7) is 2.35. The highest BCUT2D eigenvalue weighted by Gasteiger charge is 2.36. The molecule has 1 heterocycles. The Bertz CT molecular complexity index is 565. The van der Waals surface area contributed by atoms with Crippen LogP contribution in [-0.4, -0.2) is 35.1 Å². The van der Waals surface area contributed by atoms with Crippen LogP contribution < -0.4 is 5.32 Å². The molecule has 1 saturated heterocycles. The quantitative estimate of drug-likeness (QED) is 0.894. The fraction of sp³-hybridized carbons (Fsp3) is 0.429. The lowest BCUT2D eigenvalue weighted by Crippen LogP contribution is -2.38. The van der Waals surface area contributed by atoms with Gasteiger partial charge in [-0.2, -0.15) is 0 Å². The second kappa shape index (κ2) is 6.07. The summed E-state index contributed by atoms with van der Waals surface area (Å²) >= 11 is 0. The Hall–Kier alpha value is -2.18. The third kappa shape index (κ3) is 3.48. The Morgan fingerprint density at radius 3 is 2.62 bits per heavy atom. The van der Waals surface area contributed by atoms with Gasteiger partial charge in [0.2, 0.25) is 0 Å². The number of rotatable bonds is 3. The number of aliphatic carboxylic acids is 1. The van der Waals surface area contributed by atoms with Gasteiger partial charge >= 0.3 is 12.0 Å². The average Bonchev–Trinajstić information content (AvgIpc) is 2.82. The van der Waals surface area contributed by atoms with E-state index >= 15 is 0 Å². The van der Waals surface area contributed by atoms with Crippen molar-refractivity contribution in [1.29, 1.82) is 0 Å². The number of likely N-dealkylation sites (tertiary alicyclic amines) is 1. The summed E-state index contributed by atoms with van der Waals surface area (Å²) in [7, 11) is 0. The largest absolute Gasteiger partial charge is 0.481 e. The Labute approximate surface area is 120 Å². The minimum atomic E-state index is -0.970. The summed E-state index contributed by atoms with van der Waals surface area (Å²) < 4.78 is 25.8. The van der Waals surface area contributed by atoms with Crippen molar-refractivity contribution in [3.05, 3.63) is 35.4 Å². The van der Waals surface area contributed by atoms with Crippen molar-refractivity contribution in [2.75, 3.05) is 13.1 Å². The predicted octanol–water partition coefficient (Wildman–Crippen LogP) is 1.83. The van der Waals surface area contributed by atoms with E-state index in [2.05, 4.69) is 5.32 Å². The highest BCUT2D eigenvalue weighted by molar-refractivity contribution is 5.77. The molecule has 21 heavy (non-hydrogen) atoms. The summed E-state index contributed by atoms with van der Waals surface area (Å²) in [5.41, 5.74) is 0.435. The average molecular weight is 298 g/mol. The number of carbonyl (C=O) groups is 2. The molecule has 2 N–H and O–H groups in total. The lowest BCUT2D eigenvalue weighted by molar-refractivity contribution is -0.142. The predicted molar refractivity (Wildman–Crippen MR) is 70.5 cm³/mol. The zero-order valence-corrected chi connectivity index (χ0v) is 11.5. The van der Waals surface area contributed by atoms with Gasteiger partial charge in [0.15, 0.2) is 11.6 Å². The van der Waals surface area contributed by atoms with Gasteiger partial charge in [0.05, 0.1) is 5.92 Å². The monoisotopic (exact) mass is 298 g/mol. The number of benzene rings is 1. The first kappa shape index (κ1) is 15.2. The molecule has 1 aliphatic rings. The molecule has 0 bridgehead atoms. The number of halogens is 2. The van der Waals surface area contributed by atoms with E-state index in [1.807, 2.05) is 0 Å². The van der Waals surface area contributed by atoms with Crippen molar-refractivity contribution in [2.45, 2.75) is 13.5 Å². The van der Waals surface area contributed by atoms with Crippen LogP contribution in [-0.2, 0) is 11.3 Å². The molecule has 0 unspecified atom stereocenters. The molecule has 2 rings (SSSR count). The fourth-order valence-corrected chi connectivity index (χ4v) is 2.39. The number of nitrogens with zero attached hydrogens (tertiary/aromatic N) is 1. The molecule has 0 aromatic heterocycles. The van der Waals surface area contributed by atoms with E-state index in [9.17, 15) is 18.4 Å². The lowest BCUT2D eigenvalue weighted by Gasteiger charge is -2.17. The van der Waals surface area contributed by atoms with Crippen molar-refractivity contribution in [3.8, 4) is 0 Å². The van der Waals surface area contributed by atoms with Crippen molar-refractivity contribution < 1.29 is 23.5 Å². The van der Waals surface area contributed by atoms with E-state index in [0.717, 1.165) is 12.1 Å². The molecule has 5 nitrogen and oxygen atoms in total. The van der Waals surface area contributed by atoms with Crippen LogP contribution in [0.5, 0.6) is 0 Å². The maximum atomic E-state index is 13.0. The van der Waals surface area contributed by atoms with Gasteiger partial charge in [-0.05, 0) is 23.6 Å². The summed E-state index contributed by atoms with van der Waals surface area (Å²) in [6, 6.07) is 2.98. The number of nitrogens with one attached hydrogen (secondary N) is 1. The smallest absolute Gasteiger partial charge is 0.317 e. The van der Waals surface area contributed by atoms with Crippen LogP contribution in [0.2, 0.25) is 0 Å². The molecule has 1 fully saturated rings. The Morgan fingerprint density at radius 1 is 1.33 bits per heavy atom. The van der Waals surface area contributed by atoms with Gasteiger partial charge in [0, 0.05) is 19.6 Å². The first-order chi connectivity index (χ1) is 9.88. The maximum absolute atomic E-state index is 13.0. The summed E-state index contributed by atoms with van der Waals surface area (Å²) in [5.74, 6) is -3.51. The highest BCUT2D eigenvalue weighted by Crippen LogP contribution is 2.23. The third-order valence-corrected chi connectivity index (χ3v) is 3.64. The van der Waals surface area contributed by atoms with E-state index in [-0.39, 0.29) is 19.0 Å². The number of hydrogen-bond donors (Lipinski definition) is 2. The minimum absolute atomic E-state index is 0.0542. The van der Waals surface area contributed by atoms with Gasteiger partial charge in [-0.25, -0.2) is 13.6 Å². The van der Waals surface area contributed by atoms with E-state index in [1.54, 1.807) is 6.92 Å². The minimum Gasteiger partial charge on any atom is -0.481 e. The van der Waals surface area contributed by atoms with Crippen LogP contribution in [0.25, 0.3) is 0 Å². The van der Waals surface area contributed by atoms with Gasteiger partial charge in [-0.1, -0.05) is 13.0 Å². The number of carboxylic acid groups (broad SMARTS) is 1.